The van der Waals surface area contributed by atoms with Crippen LogP contribution in [0.25, 0.3) is 0 Å². The summed E-state index contributed by atoms with van der Waals surface area (Å²) in [5.41, 5.74) is 1.59. The summed E-state index contributed by atoms with van der Waals surface area (Å²) in [4.78, 5) is 13.2. The van der Waals surface area contributed by atoms with Gasteiger partial charge in [0.2, 0.25) is 0 Å². The van der Waals surface area contributed by atoms with Crippen LogP contribution in [0.5, 0.6) is 0 Å². The lowest BCUT2D eigenvalue weighted by Crippen LogP contribution is -2.49. The van der Waals surface area contributed by atoms with Crippen molar-refractivity contribution < 1.29 is 4.79 Å². The summed E-state index contributed by atoms with van der Waals surface area (Å²) in [6.07, 6.45) is 15.9. The topological polar surface area (TPSA) is 47.8 Å². The molecule has 1 aromatic heterocycles. The summed E-state index contributed by atoms with van der Waals surface area (Å²) in [6.45, 7) is 7.98. The Morgan fingerprint density at radius 1 is 1.07 bits per heavy atom. The number of carbonyl (C=O) groups excluding carboxylic acids is 1. The van der Waals surface area contributed by atoms with E-state index in [1.807, 2.05) is 6.20 Å². The summed E-state index contributed by atoms with van der Waals surface area (Å²) in [7, 11) is 0. The third-order valence-corrected chi connectivity index (χ3v) is 11.4. The lowest BCUT2D eigenvalue weighted by molar-refractivity contribution is -0.131. The second kappa shape index (κ2) is 5.95. The van der Waals surface area contributed by atoms with Gasteiger partial charge in [-0.2, -0.15) is 0 Å². The maximum absolute atomic E-state index is 13.2. The van der Waals surface area contributed by atoms with E-state index < -0.39 is 0 Å². The maximum atomic E-state index is 13.2. The molecule has 5 aliphatic carbocycles. The molecule has 0 amide bonds. The summed E-state index contributed by atoms with van der Waals surface area (Å²) in [5, 5.41) is 7.92. The van der Waals surface area contributed by atoms with Crippen molar-refractivity contribution in [2.24, 2.45) is 51.8 Å². The Balaban J connectivity index is 1.26. The van der Waals surface area contributed by atoms with Gasteiger partial charge in [-0.3, -0.25) is 4.79 Å². The third kappa shape index (κ3) is 2.19. The van der Waals surface area contributed by atoms with Crippen LogP contribution in [0.2, 0.25) is 0 Å². The average molecular weight is 396 g/mol. The van der Waals surface area contributed by atoms with Crippen LogP contribution < -0.4 is 0 Å². The molecule has 2 unspecified atom stereocenters. The Kier molecular flexibility index (Phi) is 3.81. The molecule has 0 saturated heterocycles. The summed E-state index contributed by atoms with van der Waals surface area (Å²) < 4.78 is 1.72. The second-order valence-electron chi connectivity index (χ2n) is 11.9. The highest BCUT2D eigenvalue weighted by molar-refractivity contribution is 5.82. The van der Waals surface area contributed by atoms with E-state index in [4.69, 9.17) is 0 Å². The average Bonchev–Trinajstić information content (AvgIpc) is 3.07. The predicted octanol–water partition coefficient (Wildman–Crippen LogP) is 5.14. The van der Waals surface area contributed by atoms with Gasteiger partial charge >= 0.3 is 0 Å². The first-order valence-electron chi connectivity index (χ1n) is 12.3. The van der Waals surface area contributed by atoms with Gasteiger partial charge in [0.05, 0.1) is 6.20 Å². The van der Waals surface area contributed by atoms with Gasteiger partial charge in [0.15, 0.2) is 5.78 Å². The fourth-order valence-corrected chi connectivity index (χ4v) is 10.3. The molecule has 9 atom stereocenters. The van der Waals surface area contributed by atoms with Crippen LogP contribution in [0, 0.1) is 51.8 Å². The highest BCUT2D eigenvalue weighted by atomic mass is 16.1. The molecular formula is C25H37N3O. The first-order chi connectivity index (χ1) is 13.9. The van der Waals surface area contributed by atoms with Crippen molar-refractivity contribution in [2.45, 2.75) is 85.1 Å². The van der Waals surface area contributed by atoms with E-state index in [9.17, 15) is 4.79 Å². The maximum Gasteiger partial charge on any atom is 0.157 e. The van der Waals surface area contributed by atoms with Crippen LogP contribution in [-0.4, -0.2) is 20.8 Å². The van der Waals surface area contributed by atoms with E-state index >= 15 is 0 Å². The van der Waals surface area contributed by atoms with Crippen molar-refractivity contribution in [3.63, 3.8) is 0 Å². The van der Waals surface area contributed by atoms with Crippen LogP contribution >= 0.6 is 0 Å². The molecular weight excluding hydrogens is 358 g/mol. The molecule has 0 aromatic carbocycles. The van der Waals surface area contributed by atoms with E-state index in [0.717, 1.165) is 36.0 Å². The number of fused-ring (bicyclic) bond motifs is 3. The van der Waals surface area contributed by atoms with E-state index in [2.05, 4.69) is 31.1 Å². The monoisotopic (exact) mass is 395 g/mol. The minimum absolute atomic E-state index is 0.218. The van der Waals surface area contributed by atoms with Crippen molar-refractivity contribution >= 4 is 5.78 Å². The highest BCUT2D eigenvalue weighted by Gasteiger charge is 2.80. The van der Waals surface area contributed by atoms with Gasteiger partial charge in [-0.25, -0.2) is 4.68 Å². The fraction of sp³-hybridized carbons (Fsp3) is 0.880. The van der Waals surface area contributed by atoms with E-state index in [1.54, 1.807) is 10.9 Å². The Labute approximate surface area is 175 Å². The largest absolute Gasteiger partial charge is 0.297 e. The summed E-state index contributed by atoms with van der Waals surface area (Å²) >= 11 is 0. The van der Waals surface area contributed by atoms with E-state index in [-0.39, 0.29) is 11.3 Å². The summed E-state index contributed by atoms with van der Waals surface area (Å²) in [6, 6.07) is 0. The number of ketones is 1. The molecule has 0 bridgehead atoms. The molecule has 0 spiro atoms. The van der Waals surface area contributed by atoms with Gasteiger partial charge in [0.1, 0.15) is 6.54 Å². The molecule has 0 aliphatic heterocycles. The molecule has 4 nitrogen and oxygen atoms in total. The van der Waals surface area contributed by atoms with Crippen LogP contribution in [0.15, 0.2) is 12.4 Å². The quantitative estimate of drug-likeness (QED) is 0.712. The first kappa shape index (κ1) is 18.6. The van der Waals surface area contributed by atoms with Gasteiger partial charge < -0.3 is 0 Å². The highest BCUT2D eigenvalue weighted by Crippen LogP contribution is 2.86. The molecule has 6 rings (SSSR count). The van der Waals surface area contributed by atoms with Crippen molar-refractivity contribution in [1.29, 1.82) is 0 Å². The molecule has 0 N–H and O–H groups in total. The number of hydrogen-bond donors (Lipinski definition) is 0. The van der Waals surface area contributed by atoms with Gasteiger partial charge in [0.25, 0.3) is 0 Å². The van der Waals surface area contributed by atoms with E-state index in [1.165, 1.54) is 51.4 Å². The van der Waals surface area contributed by atoms with Crippen LogP contribution in [0.3, 0.4) is 0 Å². The van der Waals surface area contributed by atoms with E-state index in [0.29, 0.717) is 23.2 Å². The number of aromatic nitrogens is 3. The molecule has 29 heavy (non-hydrogen) atoms. The normalized spacial score (nSPS) is 52.8. The smallest absolute Gasteiger partial charge is 0.157 e. The molecule has 5 aliphatic rings. The molecule has 0 radical (unpaired) electrons. The van der Waals surface area contributed by atoms with Crippen LogP contribution in [-0.2, 0) is 11.3 Å². The zero-order valence-corrected chi connectivity index (χ0v) is 18.4. The van der Waals surface area contributed by atoms with Crippen molar-refractivity contribution in [3.8, 4) is 0 Å². The zero-order chi connectivity index (χ0) is 20.0. The SMILES string of the molecule is C[C@H]1CC[C@]23C4CC[C@@]5(C)C(CC[C@@H]5C(=O)Cn5ccnn5)[C@@H]4CC[C@@]2(C1)[C@H]3C. The predicted molar refractivity (Wildman–Crippen MR) is 112 cm³/mol. The first-order valence-corrected chi connectivity index (χ1v) is 12.3. The minimum atomic E-state index is 0.218. The molecule has 1 aromatic rings. The fourth-order valence-electron chi connectivity index (χ4n) is 10.3. The van der Waals surface area contributed by atoms with Gasteiger partial charge in [-0.1, -0.05) is 32.4 Å². The van der Waals surface area contributed by atoms with Crippen LogP contribution in [0.1, 0.15) is 78.6 Å². The second-order valence-corrected chi connectivity index (χ2v) is 11.9. The van der Waals surface area contributed by atoms with Crippen molar-refractivity contribution in [1.82, 2.24) is 15.0 Å². The van der Waals surface area contributed by atoms with Crippen molar-refractivity contribution in [3.05, 3.63) is 12.4 Å². The Bertz CT molecular complexity index is 820. The lowest BCUT2D eigenvalue weighted by Gasteiger charge is -2.56. The van der Waals surface area contributed by atoms with Gasteiger partial charge in [-0.05, 0) is 97.2 Å². The number of Topliss-reactive ketones (excluding diaryl/α,β-unsaturated/α-hetero) is 1. The molecule has 5 saturated carbocycles. The minimum Gasteiger partial charge on any atom is -0.297 e. The Morgan fingerprint density at radius 2 is 1.93 bits per heavy atom. The summed E-state index contributed by atoms with van der Waals surface area (Å²) in [5.74, 6) is 5.10. The van der Waals surface area contributed by atoms with Gasteiger partial charge in [-0.15, -0.1) is 5.10 Å². The standard InChI is InChI=1S/C25H37N3O/c1-16-6-11-25-17(2)24(25,14-16)10-7-18-19-4-5-21(23(19,3)9-8-20(18)25)22(29)15-28-13-12-26-27-28/h12-13,16-21H,4-11,14-15H2,1-3H3/t16-,17+,18-,19?,20?,21+,23-,24+,25-/m0/s1. The Hall–Kier alpha value is -1.19. The molecule has 4 heteroatoms. The van der Waals surface area contributed by atoms with Crippen molar-refractivity contribution in [2.75, 3.05) is 0 Å². The van der Waals surface area contributed by atoms with Gasteiger partial charge in [0, 0.05) is 12.1 Å². The molecule has 1 heterocycles. The Morgan fingerprint density at radius 3 is 2.72 bits per heavy atom. The number of nitrogens with zero attached hydrogens (tertiary/aromatic N) is 3. The van der Waals surface area contributed by atoms with Crippen LogP contribution in [0.4, 0.5) is 0 Å². The molecule has 158 valence electrons. The number of rotatable bonds is 3. The lowest BCUT2D eigenvalue weighted by atomic mass is 9.49. The zero-order valence-electron chi connectivity index (χ0n) is 18.4. The molecule has 5 fully saturated rings. The third-order valence-electron chi connectivity index (χ3n) is 11.4. The number of hydrogen-bond acceptors (Lipinski definition) is 3. The number of carbonyl (C=O) groups is 1.